The van der Waals surface area contributed by atoms with Crippen molar-refractivity contribution >= 4 is 39.1 Å². The molecule has 0 saturated carbocycles. The van der Waals surface area contributed by atoms with Gasteiger partial charge in [-0.1, -0.05) is 11.6 Å². The van der Waals surface area contributed by atoms with Crippen molar-refractivity contribution in [3.8, 4) is 5.75 Å². The summed E-state index contributed by atoms with van der Waals surface area (Å²) in [5.74, 6) is -0.537. The van der Waals surface area contributed by atoms with Crippen LogP contribution in [0.25, 0.3) is 0 Å². The molecule has 2 N–H and O–H groups in total. The van der Waals surface area contributed by atoms with Crippen molar-refractivity contribution in [3.63, 3.8) is 0 Å². The van der Waals surface area contributed by atoms with E-state index in [-0.39, 0.29) is 29.8 Å². The van der Waals surface area contributed by atoms with Crippen LogP contribution in [-0.2, 0) is 19.6 Å². The molecule has 1 atom stereocenters. The first-order valence-electron chi connectivity index (χ1n) is 10.4. The van der Waals surface area contributed by atoms with Crippen molar-refractivity contribution in [1.82, 2.24) is 9.62 Å². The predicted octanol–water partition coefficient (Wildman–Crippen LogP) is 2.89. The maximum Gasteiger partial charge on any atom is 0.243 e. The lowest BCUT2D eigenvalue weighted by Crippen LogP contribution is -2.46. The lowest BCUT2D eigenvalue weighted by molar-refractivity contribution is -0.128. The summed E-state index contributed by atoms with van der Waals surface area (Å²) in [6.45, 7) is 2.64. The number of ether oxygens (including phenoxy) is 1. The number of sulfonamides is 1. The quantitative estimate of drug-likeness (QED) is 0.605. The number of nitrogens with zero attached hydrogens (tertiary/aromatic N) is 1. The highest BCUT2D eigenvalue weighted by atomic mass is 35.5. The van der Waals surface area contributed by atoms with Gasteiger partial charge in [-0.3, -0.25) is 9.59 Å². The maximum absolute atomic E-state index is 12.9. The molecule has 0 bridgehead atoms. The molecule has 0 radical (unpaired) electrons. The molecule has 0 spiro atoms. The minimum absolute atomic E-state index is 0.0668. The van der Waals surface area contributed by atoms with E-state index in [4.69, 9.17) is 16.3 Å². The Labute approximate surface area is 192 Å². The molecular weight excluding hydrogens is 454 g/mol. The number of hydrogen-bond donors (Lipinski definition) is 2. The number of amides is 2. The minimum atomic E-state index is -3.72. The molecule has 1 saturated heterocycles. The summed E-state index contributed by atoms with van der Waals surface area (Å²) in [5, 5.41) is 5.76. The number of carbonyl (C=O) groups excluding carboxylic acids is 2. The van der Waals surface area contributed by atoms with Crippen LogP contribution in [0.3, 0.4) is 0 Å². The van der Waals surface area contributed by atoms with Gasteiger partial charge in [-0.05, 0) is 68.3 Å². The van der Waals surface area contributed by atoms with E-state index in [9.17, 15) is 18.0 Å². The second kappa shape index (κ2) is 10.8. The highest BCUT2D eigenvalue weighted by Gasteiger charge is 2.33. The summed E-state index contributed by atoms with van der Waals surface area (Å²) in [5.41, 5.74) is 0.589. The third kappa shape index (κ3) is 6.21. The number of rotatable bonds is 8. The molecule has 1 fully saturated rings. The summed E-state index contributed by atoms with van der Waals surface area (Å²) in [4.78, 5) is 24.9. The minimum Gasteiger partial charge on any atom is -0.494 e. The van der Waals surface area contributed by atoms with Crippen molar-refractivity contribution in [2.24, 2.45) is 5.92 Å². The molecule has 32 heavy (non-hydrogen) atoms. The zero-order valence-electron chi connectivity index (χ0n) is 17.7. The number of anilines is 1. The van der Waals surface area contributed by atoms with E-state index >= 15 is 0 Å². The van der Waals surface area contributed by atoms with Gasteiger partial charge in [-0.15, -0.1) is 0 Å². The van der Waals surface area contributed by atoms with Gasteiger partial charge in [-0.25, -0.2) is 8.42 Å². The Hall–Kier alpha value is -2.62. The van der Waals surface area contributed by atoms with Crippen molar-refractivity contribution < 1.29 is 22.7 Å². The summed E-state index contributed by atoms with van der Waals surface area (Å²) in [6, 6.07) is 12.9. The average molecular weight is 480 g/mol. The Kier molecular flexibility index (Phi) is 8.11. The molecule has 0 aromatic heterocycles. The zero-order chi connectivity index (χ0) is 23.1. The van der Waals surface area contributed by atoms with Crippen LogP contribution < -0.4 is 15.4 Å². The maximum atomic E-state index is 12.9. The molecule has 172 valence electrons. The molecule has 1 unspecified atom stereocenters. The van der Waals surface area contributed by atoms with Crippen LogP contribution >= 0.6 is 11.6 Å². The number of halogens is 1. The van der Waals surface area contributed by atoms with Gasteiger partial charge in [0, 0.05) is 23.8 Å². The highest BCUT2D eigenvalue weighted by molar-refractivity contribution is 7.89. The van der Waals surface area contributed by atoms with Crippen molar-refractivity contribution in [3.05, 3.63) is 53.6 Å². The van der Waals surface area contributed by atoms with Crippen molar-refractivity contribution in [2.75, 3.05) is 31.6 Å². The SMILES string of the molecule is CCOc1ccc(NC(=O)CNC(=O)C2CCCN(S(=O)(=O)c3ccc(Cl)cc3)C2)cc1. The van der Waals surface area contributed by atoms with E-state index in [0.717, 1.165) is 0 Å². The second-order valence-corrected chi connectivity index (χ2v) is 9.75. The van der Waals surface area contributed by atoms with Crippen LogP contribution in [0.2, 0.25) is 5.02 Å². The van der Waals surface area contributed by atoms with Crippen LogP contribution in [0.4, 0.5) is 5.69 Å². The third-order valence-electron chi connectivity index (χ3n) is 5.08. The Morgan fingerprint density at radius 3 is 2.47 bits per heavy atom. The molecule has 8 nitrogen and oxygen atoms in total. The second-order valence-electron chi connectivity index (χ2n) is 7.38. The van der Waals surface area contributed by atoms with Gasteiger partial charge < -0.3 is 15.4 Å². The van der Waals surface area contributed by atoms with E-state index < -0.39 is 15.9 Å². The Morgan fingerprint density at radius 1 is 1.12 bits per heavy atom. The highest BCUT2D eigenvalue weighted by Crippen LogP contribution is 2.25. The van der Waals surface area contributed by atoms with E-state index in [0.29, 0.717) is 42.5 Å². The molecule has 2 aromatic rings. The normalized spacial score (nSPS) is 16.9. The van der Waals surface area contributed by atoms with E-state index in [1.165, 1.54) is 28.6 Å². The topological polar surface area (TPSA) is 105 Å². The van der Waals surface area contributed by atoms with Gasteiger partial charge in [0.2, 0.25) is 21.8 Å². The monoisotopic (exact) mass is 479 g/mol. The van der Waals surface area contributed by atoms with Gasteiger partial charge in [0.15, 0.2) is 0 Å². The number of nitrogens with one attached hydrogen (secondary N) is 2. The van der Waals surface area contributed by atoms with E-state index in [1.807, 2.05) is 6.92 Å². The standard InChI is InChI=1S/C22H26ClN3O5S/c1-2-31-19-9-7-18(8-10-19)25-21(27)14-24-22(28)16-4-3-13-26(15-16)32(29,30)20-11-5-17(23)6-12-20/h5-12,16H,2-4,13-15H2,1H3,(H,24,28)(H,25,27). The van der Waals surface area contributed by atoms with Crippen molar-refractivity contribution in [1.29, 1.82) is 0 Å². The van der Waals surface area contributed by atoms with Crippen molar-refractivity contribution in [2.45, 2.75) is 24.7 Å². The number of piperidine rings is 1. The zero-order valence-corrected chi connectivity index (χ0v) is 19.3. The van der Waals surface area contributed by atoms with Crippen LogP contribution in [0.1, 0.15) is 19.8 Å². The summed E-state index contributed by atoms with van der Waals surface area (Å²) in [6.07, 6.45) is 1.11. The lowest BCUT2D eigenvalue weighted by Gasteiger charge is -2.31. The summed E-state index contributed by atoms with van der Waals surface area (Å²) >= 11 is 5.84. The van der Waals surface area contributed by atoms with E-state index in [1.54, 1.807) is 24.3 Å². The molecule has 0 aliphatic carbocycles. The smallest absolute Gasteiger partial charge is 0.243 e. The number of benzene rings is 2. The molecule has 2 aromatic carbocycles. The summed E-state index contributed by atoms with van der Waals surface area (Å²) < 4.78 is 32.4. The first-order chi connectivity index (χ1) is 15.3. The molecule has 3 rings (SSSR count). The first-order valence-corrected chi connectivity index (χ1v) is 12.2. The fourth-order valence-electron chi connectivity index (χ4n) is 3.45. The average Bonchev–Trinajstić information content (AvgIpc) is 2.79. The molecule has 1 heterocycles. The van der Waals surface area contributed by atoms with Gasteiger partial charge in [0.25, 0.3) is 0 Å². The van der Waals surface area contributed by atoms with Gasteiger partial charge in [-0.2, -0.15) is 4.31 Å². The lowest BCUT2D eigenvalue weighted by atomic mass is 9.99. The van der Waals surface area contributed by atoms with E-state index in [2.05, 4.69) is 10.6 Å². The van der Waals surface area contributed by atoms with Crippen LogP contribution in [0, 0.1) is 5.92 Å². The van der Waals surface area contributed by atoms with Crippen LogP contribution in [0.15, 0.2) is 53.4 Å². The van der Waals surface area contributed by atoms with Crippen LogP contribution in [-0.4, -0.2) is 50.8 Å². The Bertz CT molecular complexity index is 1040. The molecule has 2 amide bonds. The van der Waals surface area contributed by atoms with Gasteiger partial charge >= 0.3 is 0 Å². The Balaban J connectivity index is 1.52. The fraction of sp³-hybridized carbons (Fsp3) is 0.364. The van der Waals surface area contributed by atoms with Gasteiger partial charge in [0.05, 0.1) is 24.0 Å². The predicted molar refractivity (Wildman–Crippen MR) is 122 cm³/mol. The Morgan fingerprint density at radius 2 is 1.81 bits per heavy atom. The molecule has 1 aliphatic rings. The summed E-state index contributed by atoms with van der Waals surface area (Å²) in [7, 11) is -3.72. The third-order valence-corrected chi connectivity index (χ3v) is 7.21. The first kappa shape index (κ1) is 24.0. The fourth-order valence-corrected chi connectivity index (χ4v) is 5.10. The number of hydrogen-bond acceptors (Lipinski definition) is 5. The number of carbonyl (C=O) groups is 2. The van der Waals surface area contributed by atoms with Gasteiger partial charge in [0.1, 0.15) is 5.75 Å². The molecule has 1 aliphatic heterocycles. The largest absolute Gasteiger partial charge is 0.494 e. The molecular formula is C22H26ClN3O5S. The molecule has 10 heteroatoms. The van der Waals surface area contributed by atoms with Crippen LogP contribution in [0.5, 0.6) is 5.75 Å².